The topological polar surface area (TPSA) is 0 Å². The lowest BCUT2D eigenvalue weighted by Crippen LogP contribution is -1.90. The van der Waals surface area contributed by atoms with Gasteiger partial charge in [0.1, 0.15) is 0 Å². The number of rotatable bonds is 1. The van der Waals surface area contributed by atoms with E-state index in [1.54, 1.807) is 0 Å². The fraction of sp³-hybridized carbons (Fsp3) is 0. The van der Waals surface area contributed by atoms with Crippen LogP contribution in [0.25, 0.3) is 11.1 Å². The summed E-state index contributed by atoms with van der Waals surface area (Å²) in [5.74, 6) is 0. The van der Waals surface area contributed by atoms with E-state index in [0.29, 0.717) is 9.79 Å². The maximum atomic E-state index is 4.55. The molecule has 0 aromatic heterocycles. The van der Waals surface area contributed by atoms with Gasteiger partial charge in [-0.1, -0.05) is 0 Å². The largest absolute Gasteiger partial charge is 0.142 e. The van der Waals surface area contributed by atoms with E-state index in [4.69, 9.17) is 0 Å². The summed E-state index contributed by atoms with van der Waals surface area (Å²) in [5, 5.41) is 0. The first-order chi connectivity index (χ1) is 9.25. The molecule has 0 aliphatic heterocycles. The summed E-state index contributed by atoms with van der Waals surface area (Å²) in [6.07, 6.45) is 0. The van der Waals surface area contributed by atoms with E-state index in [1.165, 1.54) is 0 Å². The van der Waals surface area contributed by atoms with Crippen molar-refractivity contribution in [2.45, 2.75) is 24.5 Å². The van der Waals surface area contributed by atoms with Gasteiger partial charge in [0, 0.05) is 37.9 Å². The molecule has 0 heterocycles. The van der Waals surface area contributed by atoms with Gasteiger partial charge in [-0.15, -0.1) is 63.1 Å². The van der Waals surface area contributed by atoms with Crippen molar-refractivity contribution in [1.82, 2.24) is 0 Å². The molecular formula is C12H7Br3S5. The van der Waals surface area contributed by atoms with Crippen molar-refractivity contribution >= 4 is 111 Å². The van der Waals surface area contributed by atoms with Gasteiger partial charge in [0.05, 0.1) is 0 Å². The van der Waals surface area contributed by atoms with Gasteiger partial charge >= 0.3 is 0 Å². The molecule has 0 aliphatic rings. The summed E-state index contributed by atoms with van der Waals surface area (Å²) in [7, 11) is 0. The summed E-state index contributed by atoms with van der Waals surface area (Å²) in [6.45, 7) is 0. The average molecular weight is 551 g/mol. The van der Waals surface area contributed by atoms with Gasteiger partial charge in [0.25, 0.3) is 0 Å². The number of hydrogen-bond donors (Lipinski definition) is 5. The third kappa shape index (κ3) is 3.27. The van der Waals surface area contributed by atoms with Gasteiger partial charge in [0.15, 0.2) is 0 Å². The maximum absolute atomic E-state index is 4.55. The van der Waals surface area contributed by atoms with E-state index < -0.39 is 0 Å². The molecule has 0 nitrogen and oxygen atoms in total. The predicted molar refractivity (Wildman–Crippen MR) is 111 cm³/mol. The van der Waals surface area contributed by atoms with Crippen LogP contribution in [0.3, 0.4) is 0 Å². The molecular weight excluding hydrogens is 544 g/mol. The Morgan fingerprint density at radius 1 is 0.550 bits per heavy atom. The first kappa shape index (κ1) is 18.0. The smallest absolute Gasteiger partial charge is 0.0477 e. The Hall–Kier alpha value is 1.63. The molecule has 0 bridgehead atoms. The number of hydrogen-bond acceptors (Lipinski definition) is 5. The third-order valence-corrected chi connectivity index (χ3v) is 9.07. The molecule has 0 atom stereocenters. The van der Waals surface area contributed by atoms with Crippen molar-refractivity contribution in [3.63, 3.8) is 0 Å². The zero-order valence-electron chi connectivity index (χ0n) is 9.52. The molecule has 0 saturated carbocycles. The minimum atomic E-state index is 0.700. The zero-order chi connectivity index (χ0) is 15.2. The number of thiol groups is 5. The van der Waals surface area contributed by atoms with E-state index in [9.17, 15) is 0 Å². The van der Waals surface area contributed by atoms with Crippen LogP contribution >= 0.6 is 111 Å². The monoisotopic (exact) mass is 548 g/mol. The number of benzene rings is 2. The Kier molecular flexibility index (Phi) is 6.32. The van der Waals surface area contributed by atoms with Crippen molar-refractivity contribution < 1.29 is 0 Å². The Bertz CT molecular complexity index is 654. The molecule has 0 aliphatic carbocycles. The Balaban J connectivity index is 2.83. The van der Waals surface area contributed by atoms with E-state index in [-0.39, 0.29) is 0 Å². The van der Waals surface area contributed by atoms with Crippen molar-refractivity contribution in [3.8, 4) is 11.1 Å². The molecule has 106 valence electrons. The first-order valence-corrected chi connectivity index (χ1v) is 9.70. The summed E-state index contributed by atoms with van der Waals surface area (Å²) in [6, 6.07) is 3.87. The van der Waals surface area contributed by atoms with Crippen LogP contribution in [0, 0.1) is 0 Å². The van der Waals surface area contributed by atoms with Crippen molar-refractivity contribution in [2.24, 2.45) is 0 Å². The third-order valence-electron chi connectivity index (χ3n) is 2.65. The highest BCUT2D eigenvalue weighted by Gasteiger charge is 2.17. The molecule has 0 saturated heterocycles. The first-order valence-electron chi connectivity index (χ1n) is 5.09. The SMILES string of the molecule is Sc1cc(-c2cc(S)c(Br)c(Br)c2Br)c(S)c(S)c1S. The zero-order valence-corrected chi connectivity index (χ0v) is 18.8. The average Bonchev–Trinajstić information content (AvgIpc) is 2.42. The lowest BCUT2D eigenvalue weighted by molar-refractivity contribution is 1.05. The Labute approximate surface area is 170 Å². The molecule has 2 aromatic rings. The van der Waals surface area contributed by atoms with Crippen molar-refractivity contribution in [2.75, 3.05) is 0 Å². The van der Waals surface area contributed by atoms with Gasteiger partial charge in [-0.2, -0.15) is 0 Å². The maximum Gasteiger partial charge on any atom is 0.0477 e. The molecule has 8 heteroatoms. The second-order valence-corrected chi connectivity index (χ2v) is 8.56. The molecule has 2 rings (SSSR count). The summed E-state index contributed by atoms with van der Waals surface area (Å²) >= 11 is 32.9. The van der Waals surface area contributed by atoms with Gasteiger partial charge in [-0.05, 0) is 71.0 Å². The van der Waals surface area contributed by atoms with Crippen LogP contribution in [0.4, 0.5) is 0 Å². The van der Waals surface area contributed by atoms with Crippen LogP contribution in [0.2, 0.25) is 0 Å². The van der Waals surface area contributed by atoms with Crippen LogP contribution in [0.15, 0.2) is 50.0 Å². The van der Waals surface area contributed by atoms with Gasteiger partial charge in [-0.3, -0.25) is 0 Å². The van der Waals surface area contributed by atoms with Gasteiger partial charge in [0.2, 0.25) is 0 Å². The van der Waals surface area contributed by atoms with Crippen molar-refractivity contribution in [3.05, 3.63) is 25.6 Å². The highest BCUT2D eigenvalue weighted by molar-refractivity contribution is 9.14. The molecule has 20 heavy (non-hydrogen) atoms. The van der Waals surface area contributed by atoms with Crippen LogP contribution in [0.5, 0.6) is 0 Å². The second-order valence-electron chi connectivity index (χ2n) is 3.87. The molecule has 2 aromatic carbocycles. The van der Waals surface area contributed by atoms with E-state index in [0.717, 1.165) is 39.2 Å². The summed E-state index contributed by atoms with van der Waals surface area (Å²) in [4.78, 5) is 3.73. The minimum Gasteiger partial charge on any atom is -0.142 e. The van der Waals surface area contributed by atoms with Gasteiger partial charge in [-0.25, -0.2) is 0 Å². The standard InChI is InChI=1S/C12H7Br3S5/c13-7-3(1-5(16)8(14)9(7)15)4-2-6(17)11(19)12(20)10(4)18/h1-2,16-20H. The van der Waals surface area contributed by atoms with Gasteiger partial charge < -0.3 is 0 Å². The second kappa shape index (κ2) is 7.03. The Morgan fingerprint density at radius 2 is 1.10 bits per heavy atom. The summed E-state index contributed by atoms with van der Waals surface area (Å²) in [5.41, 5.74) is 1.87. The lowest BCUT2D eigenvalue weighted by Gasteiger charge is -2.15. The van der Waals surface area contributed by atoms with Crippen molar-refractivity contribution in [1.29, 1.82) is 0 Å². The fourth-order valence-electron chi connectivity index (χ4n) is 1.63. The quantitative estimate of drug-likeness (QED) is 0.182. The Morgan fingerprint density at radius 3 is 1.70 bits per heavy atom. The minimum absolute atomic E-state index is 0.700. The normalized spacial score (nSPS) is 11.0. The number of halogens is 3. The molecule has 0 unspecified atom stereocenters. The molecule has 0 spiro atoms. The van der Waals surface area contributed by atoms with E-state index in [2.05, 4.69) is 111 Å². The summed E-state index contributed by atoms with van der Waals surface area (Å²) < 4.78 is 2.69. The van der Waals surface area contributed by atoms with Crippen LogP contribution in [-0.4, -0.2) is 0 Å². The predicted octanol–water partition coefficient (Wildman–Crippen LogP) is 7.08. The molecule has 0 fully saturated rings. The molecule has 0 N–H and O–H groups in total. The van der Waals surface area contributed by atoms with Crippen LogP contribution < -0.4 is 0 Å². The highest BCUT2D eigenvalue weighted by atomic mass is 79.9. The molecule has 0 radical (unpaired) electrons. The van der Waals surface area contributed by atoms with Crippen LogP contribution in [-0.2, 0) is 0 Å². The van der Waals surface area contributed by atoms with Crippen LogP contribution in [0.1, 0.15) is 0 Å². The highest BCUT2D eigenvalue weighted by Crippen LogP contribution is 2.46. The molecule has 0 amide bonds. The fourth-order valence-corrected chi connectivity index (χ4v) is 4.68. The van der Waals surface area contributed by atoms with E-state index in [1.807, 2.05) is 12.1 Å². The lowest BCUT2D eigenvalue weighted by atomic mass is 10.1. The van der Waals surface area contributed by atoms with E-state index >= 15 is 0 Å².